The highest BCUT2D eigenvalue weighted by Gasteiger charge is 2.34. The maximum atomic E-state index is 14.5. The average Bonchev–Trinajstić information content (AvgIpc) is 2.78. The van der Waals surface area contributed by atoms with E-state index in [1.807, 2.05) is 54.5 Å². The molecule has 1 saturated carbocycles. The van der Waals surface area contributed by atoms with E-state index in [0.29, 0.717) is 31.7 Å². The van der Waals surface area contributed by atoms with Crippen molar-refractivity contribution in [1.29, 1.82) is 0 Å². The van der Waals surface area contributed by atoms with Crippen LogP contribution in [0, 0.1) is 18.7 Å². The highest BCUT2D eigenvalue weighted by molar-refractivity contribution is 5.73. The first kappa shape index (κ1) is 30.4. The molecular weight excluding hydrogens is 487 g/mol. The number of carbonyl (C=O) groups excluding carboxylic acids is 2. The number of ether oxygens (including phenoxy) is 3. The lowest BCUT2D eigenvalue weighted by atomic mass is 9.87. The van der Waals surface area contributed by atoms with Gasteiger partial charge in [0.25, 0.3) is 0 Å². The van der Waals surface area contributed by atoms with E-state index in [1.54, 1.807) is 24.0 Å². The summed E-state index contributed by atoms with van der Waals surface area (Å²) in [5, 5.41) is 0. The summed E-state index contributed by atoms with van der Waals surface area (Å²) in [5.41, 5.74) is 0.384. The number of aryl methyl sites for hydroxylation is 1. The molecule has 2 aliphatic rings. The minimum Gasteiger partial charge on any atom is -0.460 e. The number of halogens is 1. The largest absolute Gasteiger partial charge is 0.460 e. The number of rotatable bonds is 6. The maximum absolute atomic E-state index is 14.5. The van der Waals surface area contributed by atoms with Gasteiger partial charge in [-0.05, 0) is 98.3 Å². The molecule has 1 unspecified atom stereocenters. The molecule has 38 heavy (non-hydrogen) atoms. The van der Waals surface area contributed by atoms with Gasteiger partial charge >= 0.3 is 12.1 Å². The maximum Gasteiger partial charge on any atom is 0.410 e. The van der Waals surface area contributed by atoms with Crippen LogP contribution in [0.2, 0.25) is 0 Å². The Morgan fingerprint density at radius 2 is 1.63 bits per heavy atom. The van der Waals surface area contributed by atoms with Crippen LogP contribution < -0.4 is 0 Å². The molecule has 1 aliphatic heterocycles. The van der Waals surface area contributed by atoms with Crippen LogP contribution in [0.3, 0.4) is 0 Å². The van der Waals surface area contributed by atoms with Gasteiger partial charge in [-0.3, -0.25) is 9.69 Å². The van der Waals surface area contributed by atoms with Crippen LogP contribution in [-0.4, -0.2) is 71.4 Å². The van der Waals surface area contributed by atoms with Gasteiger partial charge < -0.3 is 19.1 Å². The first-order valence-corrected chi connectivity index (χ1v) is 14.0. The highest BCUT2D eigenvalue weighted by Crippen LogP contribution is 2.33. The summed E-state index contributed by atoms with van der Waals surface area (Å²) < 4.78 is 32.3. The van der Waals surface area contributed by atoms with E-state index in [-0.39, 0.29) is 42.0 Å². The van der Waals surface area contributed by atoms with Gasteiger partial charge in [-0.25, -0.2) is 9.18 Å². The quantitative estimate of drug-likeness (QED) is 0.415. The van der Waals surface area contributed by atoms with E-state index >= 15 is 0 Å². The standard InChI is InChI=1S/C30H47FN2O5/c1-20-9-10-23(17-25(20)31)26(36-24-13-11-22(12-14-24)27(34)37-29(3,4)5)19-32-15-16-33(21(2)18-32)28(35)38-30(6,7)8/h9-10,17,21-22,24,26H,11-16,18-19H2,1-8H3/t21-,22?,24?,26?/m1/s1. The van der Waals surface area contributed by atoms with Crippen LogP contribution in [-0.2, 0) is 19.0 Å². The molecule has 7 nitrogen and oxygen atoms in total. The Hall–Kier alpha value is -2.19. The number of piperazine rings is 1. The minimum absolute atomic E-state index is 0.0106. The predicted octanol–water partition coefficient (Wildman–Crippen LogP) is 6.03. The van der Waals surface area contributed by atoms with Crippen molar-refractivity contribution in [2.24, 2.45) is 5.92 Å². The summed E-state index contributed by atoms with van der Waals surface area (Å²) in [5.74, 6) is -0.482. The highest BCUT2D eigenvalue weighted by atomic mass is 19.1. The second-order valence-corrected chi connectivity index (χ2v) is 12.9. The van der Waals surface area contributed by atoms with E-state index in [0.717, 1.165) is 31.2 Å². The van der Waals surface area contributed by atoms with Gasteiger partial charge in [0.2, 0.25) is 0 Å². The molecule has 0 N–H and O–H groups in total. The second kappa shape index (κ2) is 12.3. The number of amides is 1. The molecule has 0 spiro atoms. The summed E-state index contributed by atoms with van der Waals surface area (Å²) in [4.78, 5) is 29.2. The third-order valence-electron chi connectivity index (χ3n) is 7.10. The lowest BCUT2D eigenvalue weighted by Crippen LogP contribution is -2.55. The fraction of sp³-hybridized carbons (Fsp3) is 0.733. The van der Waals surface area contributed by atoms with Crippen LogP contribution in [0.15, 0.2) is 18.2 Å². The van der Waals surface area contributed by atoms with E-state index in [2.05, 4.69) is 4.90 Å². The Labute approximate surface area is 228 Å². The lowest BCUT2D eigenvalue weighted by molar-refractivity contribution is -0.162. The second-order valence-electron chi connectivity index (χ2n) is 12.9. The zero-order chi connectivity index (χ0) is 28.3. The van der Waals surface area contributed by atoms with Gasteiger partial charge in [0, 0.05) is 32.2 Å². The molecule has 1 amide bonds. The molecular formula is C30H47FN2O5. The van der Waals surface area contributed by atoms with Crippen LogP contribution in [0.25, 0.3) is 0 Å². The summed E-state index contributed by atoms with van der Waals surface area (Å²) in [6.45, 7) is 17.6. The number of benzene rings is 1. The van der Waals surface area contributed by atoms with Gasteiger partial charge in [0.15, 0.2) is 0 Å². The monoisotopic (exact) mass is 534 g/mol. The summed E-state index contributed by atoms with van der Waals surface area (Å²) in [6, 6.07) is 5.30. The number of esters is 1. The van der Waals surface area contributed by atoms with Crippen LogP contribution in [0.5, 0.6) is 0 Å². The molecule has 0 aromatic heterocycles. The first-order valence-electron chi connectivity index (χ1n) is 14.0. The van der Waals surface area contributed by atoms with Crippen molar-refractivity contribution < 1.29 is 28.2 Å². The number of nitrogens with zero attached hydrogens (tertiary/aromatic N) is 2. The van der Waals surface area contributed by atoms with Gasteiger partial charge in [0.05, 0.1) is 18.1 Å². The SMILES string of the molecule is Cc1ccc(C(CN2CCN(C(=O)OC(C)(C)C)[C@H](C)C2)OC2CCC(C(=O)OC(C)(C)C)CC2)cc1F. The zero-order valence-electron chi connectivity index (χ0n) is 24.5. The van der Waals surface area contributed by atoms with Gasteiger partial charge in [0.1, 0.15) is 17.0 Å². The lowest BCUT2D eigenvalue weighted by Gasteiger charge is -2.41. The minimum atomic E-state index is -0.537. The summed E-state index contributed by atoms with van der Waals surface area (Å²) in [7, 11) is 0. The van der Waals surface area contributed by atoms with E-state index in [9.17, 15) is 14.0 Å². The molecule has 0 radical (unpaired) electrons. The van der Waals surface area contributed by atoms with Crippen molar-refractivity contribution in [3.63, 3.8) is 0 Å². The Kier molecular flexibility index (Phi) is 9.85. The molecule has 0 bridgehead atoms. The first-order chi connectivity index (χ1) is 17.6. The fourth-order valence-corrected chi connectivity index (χ4v) is 5.11. The summed E-state index contributed by atoms with van der Waals surface area (Å²) >= 11 is 0. The van der Waals surface area contributed by atoms with Crippen molar-refractivity contribution in [2.75, 3.05) is 26.2 Å². The molecule has 1 aromatic rings. The van der Waals surface area contributed by atoms with Crippen molar-refractivity contribution in [1.82, 2.24) is 9.80 Å². The molecule has 3 rings (SSSR count). The molecule has 1 heterocycles. The van der Waals surface area contributed by atoms with Crippen molar-refractivity contribution in [2.45, 2.75) is 111 Å². The number of hydrogen-bond acceptors (Lipinski definition) is 6. The molecule has 214 valence electrons. The Bertz CT molecular complexity index is 962. The molecule has 2 fully saturated rings. The topological polar surface area (TPSA) is 68.3 Å². The van der Waals surface area contributed by atoms with Gasteiger partial charge in [-0.1, -0.05) is 12.1 Å². The number of carbonyl (C=O) groups is 2. The van der Waals surface area contributed by atoms with Crippen LogP contribution in [0.1, 0.15) is 91.4 Å². The van der Waals surface area contributed by atoms with Gasteiger partial charge in [-0.15, -0.1) is 0 Å². The average molecular weight is 535 g/mol. The third-order valence-corrected chi connectivity index (χ3v) is 7.10. The van der Waals surface area contributed by atoms with Crippen molar-refractivity contribution in [3.8, 4) is 0 Å². The zero-order valence-corrected chi connectivity index (χ0v) is 24.5. The normalized spacial score (nSPS) is 24.1. The molecule has 1 saturated heterocycles. The van der Waals surface area contributed by atoms with Crippen LogP contribution in [0.4, 0.5) is 9.18 Å². The Morgan fingerprint density at radius 3 is 2.18 bits per heavy atom. The Balaban J connectivity index is 1.64. The smallest absolute Gasteiger partial charge is 0.410 e. The van der Waals surface area contributed by atoms with E-state index in [4.69, 9.17) is 14.2 Å². The van der Waals surface area contributed by atoms with Gasteiger partial charge in [-0.2, -0.15) is 0 Å². The van der Waals surface area contributed by atoms with Crippen molar-refractivity contribution >= 4 is 12.1 Å². The Morgan fingerprint density at radius 1 is 1.00 bits per heavy atom. The molecule has 8 heteroatoms. The van der Waals surface area contributed by atoms with E-state index in [1.165, 1.54) is 0 Å². The molecule has 2 atom stereocenters. The third kappa shape index (κ3) is 8.94. The van der Waals surface area contributed by atoms with Crippen molar-refractivity contribution in [3.05, 3.63) is 35.1 Å². The number of hydrogen-bond donors (Lipinski definition) is 0. The summed E-state index contributed by atoms with van der Waals surface area (Å²) in [6.07, 6.45) is 2.35. The fourth-order valence-electron chi connectivity index (χ4n) is 5.11. The van der Waals surface area contributed by atoms with E-state index < -0.39 is 11.2 Å². The van der Waals surface area contributed by atoms with Crippen LogP contribution >= 0.6 is 0 Å². The molecule has 1 aliphatic carbocycles. The molecule has 1 aromatic carbocycles. The predicted molar refractivity (Wildman–Crippen MR) is 145 cm³/mol.